The van der Waals surface area contributed by atoms with E-state index in [1.807, 2.05) is 31.2 Å². The molecule has 0 aliphatic carbocycles. The minimum Gasteiger partial charge on any atom is -0.444 e. The number of likely N-dealkylation sites (N-methyl/N-ethyl adjacent to an activating group) is 1. The zero-order chi connectivity index (χ0) is 22.9. The first kappa shape index (κ1) is 25.5. The molecule has 0 spiro atoms. The van der Waals surface area contributed by atoms with Gasteiger partial charge in [-0.1, -0.05) is 49.6 Å². The highest BCUT2D eigenvalue weighted by Crippen LogP contribution is 2.21. The number of nitrogens with one attached hydrogen (secondary N) is 2. The van der Waals surface area contributed by atoms with Crippen LogP contribution in [0, 0.1) is 6.92 Å². The molecule has 0 aliphatic heterocycles. The number of alkyl carbamates (subject to hydrolysis) is 1. The third kappa shape index (κ3) is 8.43. The van der Waals surface area contributed by atoms with Gasteiger partial charge in [0, 0.05) is 13.6 Å². The Morgan fingerprint density at radius 1 is 1.10 bits per heavy atom. The molecule has 0 radical (unpaired) electrons. The van der Waals surface area contributed by atoms with Crippen molar-refractivity contribution in [2.24, 2.45) is 0 Å². The fourth-order valence-corrected chi connectivity index (χ4v) is 2.96. The molecule has 30 heavy (non-hydrogen) atoms. The standard InChI is InChI=1S/C23H37N3O4/c1-8-9-10-15-24-20(27)19(18-13-11-16(2)12-14-18)26(7)21(28)17(3)25-22(29)30-23(4,5)6/h11-14,17,19H,8-10,15H2,1-7H3,(H,24,27)(H,25,29). The third-order valence-electron chi connectivity index (χ3n) is 4.56. The van der Waals surface area contributed by atoms with E-state index in [0.717, 1.165) is 24.8 Å². The lowest BCUT2D eigenvalue weighted by Gasteiger charge is -2.30. The van der Waals surface area contributed by atoms with Crippen LogP contribution in [0.1, 0.15) is 71.0 Å². The molecule has 0 heterocycles. The van der Waals surface area contributed by atoms with Crippen molar-refractivity contribution < 1.29 is 19.1 Å². The van der Waals surface area contributed by atoms with E-state index in [2.05, 4.69) is 17.6 Å². The van der Waals surface area contributed by atoms with Crippen molar-refractivity contribution in [3.05, 3.63) is 35.4 Å². The van der Waals surface area contributed by atoms with Gasteiger partial charge in [0.1, 0.15) is 17.7 Å². The lowest BCUT2D eigenvalue weighted by atomic mass is 10.0. The summed E-state index contributed by atoms with van der Waals surface area (Å²) >= 11 is 0. The van der Waals surface area contributed by atoms with E-state index >= 15 is 0 Å². The summed E-state index contributed by atoms with van der Waals surface area (Å²) in [5.74, 6) is -0.620. The highest BCUT2D eigenvalue weighted by atomic mass is 16.6. The zero-order valence-electron chi connectivity index (χ0n) is 19.4. The second kappa shape index (κ2) is 11.6. The van der Waals surface area contributed by atoms with E-state index in [-0.39, 0.29) is 11.8 Å². The number of unbranched alkanes of at least 4 members (excludes halogenated alkanes) is 2. The van der Waals surface area contributed by atoms with Gasteiger partial charge >= 0.3 is 6.09 Å². The van der Waals surface area contributed by atoms with Crippen molar-refractivity contribution in [2.75, 3.05) is 13.6 Å². The van der Waals surface area contributed by atoms with Crippen LogP contribution in [-0.4, -0.2) is 48.0 Å². The summed E-state index contributed by atoms with van der Waals surface area (Å²) < 4.78 is 5.22. The van der Waals surface area contributed by atoms with Crippen LogP contribution in [0.5, 0.6) is 0 Å². The first-order valence-electron chi connectivity index (χ1n) is 10.6. The fourth-order valence-electron chi connectivity index (χ4n) is 2.96. The molecule has 0 fully saturated rings. The molecule has 2 atom stereocenters. The number of rotatable bonds is 9. The van der Waals surface area contributed by atoms with Gasteiger partial charge in [-0.2, -0.15) is 0 Å². The molecular weight excluding hydrogens is 382 g/mol. The van der Waals surface area contributed by atoms with E-state index < -0.39 is 23.8 Å². The van der Waals surface area contributed by atoms with Crippen LogP contribution in [0.15, 0.2) is 24.3 Å². The van der Waals surface area contributed by atoms with E-state index in [0.29, 0.717) is 12.1 Å². The Balaban J connectivity index is 2.95. The molecule has 0 aromatic heterocycles. The van der Waals surface area contributed by atoms with Gasteiger partial charge in [-0.15, -0.1) is 0 Å². The first-order chi connectivity index (χ1) is 14.0. The highest BCUT2D eigenvalue weighted by Gasteiger charge is 2.32. The number of hydrogen-bond donors (Lipinski definition) is 2. The molecule has 7 nitrogen and oxygen atoms in total. The van der Waals surface area contributed by atoms with Crippen molar-refractivity contribution in [3.63, 3.8) is 0 Å². The van der Waals surface area contributed by atoms with Crippen molar-refractivity contribution >= 4 is 17.9 Å². The topological polar surface area (TPSA) is 87.7 Å². The average Bonchev–Trinajstić information content (AvgIpc) is 2.64. The average molecular weight is 420 g/mol. The Morgan fingerprint density at radius 3 is 2.23 bits per heavy atom. The fraction of sp³-hybridized carbons (Fsp3) is 0.609. The lowest BCUT2D eigenvalue weighted by molar-refractivity contribution is -0.140. The third-order valence-corrected chi connectivity index (χ3v) is 4.56. The molecule has 0 aliphatic rings. The molecule has 7 heteroatoms. The molecule has 1 aromatic carbocycles. The Labute approximate surface area is 180 Å². The second-order valence-electron chi connectivity index (χ2n) is 8.63. The van der Waals surface area contributed by atoms with Gasteiger partial charge in [0.05, 0.1) is 0 Å². The number of carbonyl (C=O) groups is 3. The van der Waals surface area contributed by atoms with Crippen molar-refractivity contribution in [3.8, 4) is 0 Å². The Morgan fingerprint density at radius 2 is 1.70 bits per heavy atom. The van der Waals surface area contributed by atoms with Crippen LogP contribution in [0.3, 0.4) is 0 Å². The number of ether oxygens (including phenoxy) is 1. The molecule has 3 amide bonds. The zero-order valence-corrected chi connectivity index (χ0v) is 19.4. The van der Waals surface area contributed by atoms with Gasteiger partial charge < -0.3 is 20.3 Å². The molecule has 168 valence electrons. The summed E-state index contributed by atoms with van der Waals surface area (Å²) in [5.41, 5.74) is 1.12. The van der Waals surface area contributed by atoms with Gasteiger partial charge in [0.25, 0.3) is 0 Å². The van der Waals surface area contributed by atoms with E-state index in [4.69, 9.17) is 4.74 Å². The summed E-state index contributed by atoms with van der Waals surface area (Å²) in [7, 11) is 1.58. The smallest absolute Gasteiger partial charge is 0.408 e. The maximum absolute atomic E-state index is 13.0. The Hall–Kier alpha value is -2.57. The molecule has 1 aromatic rings. The van der Waals surface area contributed by atoms with E-state index in [1.165, 1.54) is 4.90 Å². The highest BCUT2D eigenvalue weighted by molar-refractivity contribution is 5.91. The summed E-state index contributed by atoms with van der Waals surface area (Å²) in [6, 6.07) is 5.89. The normalized spacial score (nSPS) is 13.2. The predicted octanol–water partition coefficient (Wildman–Crippen LogP) is 3.71. The lowest BCUT2D eigenvalue weighted by Crippen LogP contribution is -2.50. The van der Waals surface area contributed by atoms with Crippen LogP contribution < -0.4 is 10.6 Å². The largest absolute Gasteiger partial charge is 0.444 e. The Kier molecular flexibility index (Phi) is 9.82. The summed E-state index contributed by atoms with van der Waals surface area (Å²) in [6.07, 6.45) is 2.30. The van der Waals surface area contributed by atoms with Crippen molar-refractivity contribution in [1.82, 2.24) is 15.5 Å². The van der Waals surface area contributed by atoms with E-state index in [9.17, 15) is 14.4 Å². The number of aryl methyl sites for hydroxylation is 1. The second-order valence-corrected chi connectivity index (χ2v) is 8.63. The maximum atomic E-state index is 13.0. The number of amides is 3. The molecule has 0 saturated heterocycles. The van der Waals surface area contributed by atoms with Crippen LogP contribution >= 0.6 is 0 Å². The van der Waals surface area contributed by atoms with Gasteiger partial charge in [-0.25, -0.2) is 4.79 Å². The minimum atomic E-state index is -0.842. The molecular formula is C23H37N3O4. The van der Waals surface area contributed by atoms with Gasteiger partial charge in [0.2, 0.25) is 11.8 Å². The number of benzene rings is 1. The van der Waals surface area contributed by atoms with Gasteiger partial charge in [-0.3, -0.25) is 9.59 Å². The van der Waals surface area contributed by atoms with E-state index in [1.54, 1.807) is 34.7 Å². The molecule has 1 rings (SSSR count). The van der Waals surface area contributed by atoms with Crippen LogP contribution in [0.2, 0.25) is 0 Å². The summed E-state index contributed by atoms with van der Waals surface area (Å²) in [5, 5.41) is 5.48. The number of nitrogens with zero attached hydrogens (tertiary/aromatic N) is 1. The first-order valence-corrected chi connectivity index (χ1v) is 10.6. The molecule has 2 unspecified atom stereocenters. The SMILES string of the molecule is CCCCCNC(=O)C(c1ccc(C)cc1)N(C)C(=O)C(C)NC(=O)OC(C)(C)C. The van der Waals surface area contributed by atoms with Crippen molar-refractivity contribution in [1.29, 1.82) is 0 Å². The predicted molar refractivity (Wildman–Crippen MR) is 118 cm³/mol. The van der Waals surface area contributed by atoms with Gasteiger partial charge in [-0.05, 0) is 46.6 Å². The van der Waals surface area contributed by atoms with Crippen molar-refractivity contribution in [2.45, 2.75) is 78.5 Å². The summed E-state index contributed by atoms with van der Waals surface area (Å²) in [4.78, 5) is 39.3. The minimum absolute atomic E-state index is 0.240. The molecule has 2 N–H and O–H groups in total. The maximum Gasteiger partial charge on any atom is 0.408 e. The number of carbonyl (C=O) groups excluding carboxylic acids is 3. The molecule has 0 saturated carbocycles. The Bertz CT molecular complexity index is 710. The quantitative estimate of drug-likeness (QED) is 0.597. The van der Waals surface area contributed by atoms with Gasteiger partial charge in [0.15, 0.2) is 0 Å². The summed E-state index contributed by atoms with van der Waals surface area (Å²) in [6.45, 7) is 11.5. The number of hydrogen-bond acceptors (Lipinski definition) is 4. The van der Waals surface area contributed by atoms with Crippen LogP contribution in [0.25, 0.3) is 0 Å². The molecule has 0 bridgehead atoms. The monoisotopic (exact) mass is 419 g/mol. The van der Waals surface area contributed by atoms with Crippen LogP contribution in [-0.2, 0) is 14.3 Å². The van der Waals surface area contributed by atoms with Crippen LogP contribution in [0.4, 0.5) is 4.79 Å².